The molecule has 6 nitrogen and oxygen atoms in total. The van der Waals surface area contributed by atoms with Gasteiger partial charge >= 0.3 is 0 Å². The third-order valence-corrected chi connectivity index (χ3v) is 3.68. The zero-order valence-electron chi connectivity index (χ0n) is 13.6. The van der Waals surface area contributed by atoms with Crippen molar-refractivity contribution in [3.8, 4) is 11.5 Å². The van der Waals surface area contributed by atoms with Crippen molar-refractivity contribution in [2.75, 3.05) is 13.7 Å². The molecular formula is C17H21NO5. The van der Waals surface area contributed by atoms with Crippen LogP contribution in [0.3, 0.4) is 0 Å². The van der Waals surface area contributed by atoms with Crippen molar-refractivity contribution >= 4 is 5.91 Å². The van der Waals surface area contributed by atoms with Crippen LogP contribution in [0.1, 0.15) is 34.4 Å². The molecule has 0 fully saturated rings. The average Bonchev–Trinajstić information content (AvgIpc) is 2.85. The Kier molecular flexibility index (Phi) is 4.65. The molecule has 1 heterocycles. The Bertz CT molecular complexity index is 718. The van der Waals surface area contributed by atoms with E-state index in [1.165, 1.54) is 13.2 Å². The van der Waals surface area contributed by atoms with Crippen LogP contribution in [0.15, 0.2) is 28.7 Å². The molecule has 1 aromatic carbocycles. The molecule has 1 amide bonds. The van der Waals surface area contributed by atoms with Crippen LogP contribution in [0.4, 0.5) is 0 Å². The molecule has 124 valence electrons. The smallest absolute Gasteiger partial charge is 0.255 e. The molecule has 2 rings (SSSR count). The zero-order chi connectivity index (χ0) is 17.2. The first kappa shape index (κ1) is 16.9. The number of carbonyl (C=O) groups excluding carboxylic acids is 1. The maximum Gasteiger partial charge on any atom is 0.255 e. The lowest BCUT2D eigenvalue weighted by molar-refractivity contribution is 0.0513. The molecule has 0 unspecified atom stereocenters. The SMILES string of the molecule is COc1cccc(C(=O)NC[C@](C)(O)c2cc(C)oc2C)c1O. The summed E-state index contributed by atoms with van der Waals surface area (Å²) in [7, 11) is 1.41. The van der Waals surface area contributed by atoms with Crippen molar-refractivity contribution in [2.45, 2.75) is 26.4 Å². The van der Waals surface area contributed by atoms with Crippen LogP contribution in [-0.4, -0.2) is 29.8 Å². The fraction of sp³-hybridized carbons (Fsp3) is 0.353. The van der Waals surface area contributed by atoms with Crippen LogP contribution < -0.4 is 10.1 Å². The number of carbonyl (C=O) groups is 1. The number of ether oxygens (including phenoxy) is 1. The van der Waals surface area contributed by atoms with E-state index in [-0.39, 0.29) is 23.6 Å². The summed E-state index contributed by atoms with van der Waals surface area (Å²) < 4.78 is 10.4. The number of hydrogen-bond acceptors (Lipinski definition) is 5. The highest BCUT2D eigenvalue weighted by atomic mass is 16.5. The highest BCUT2D eigenvalue weighted by Crippen LogP contribution is 2.30. The summed E-state index contributed by atoms with van der Waals surface area (Å²) in [5, 5.41) is 23.2. The van der Waals surface area contributed by atoms with Gasteiger partial charge in [-0.1, -0.05) is 6.07 Å². The van der Waals surface area contributed by atoms with Gasteiger partial charge in [-0.25, -0.2) is 0 Å². The quantitative estimate of drug-likeness (QED) is 0.786. The van der Waals surface area contributed by atoms with E-state index >= 15 is 0 Å². The van der Waals surface area contributed by atoms with Gasteiger partial charge < -0.3 is 24.7 Å². The summed E-state index contributed by atoms with van der Waals surface area (Å²) in [6, 6.07) is 6.38. The van der Waals surface area contributed by atoms with Crippen molar-refractivity contribution in [2.24, 2.45) is 0 Å². The molecule has 1 atom stereocenters. The Labute approximate surface area is 134 Å². The number of aryl methyl sites for hydroxylation is 2. The number of furan rings is 1. The number of amides is 1. The van der Waals surface area contributed by atoms with Crippen LogP contribution in [0.25, 0.3) is 0 Å². The number of aromatic hydroxyl groups is 1. The number of phenolic OH excluding ortho intramolecular Hbond substituents is 1. The standard InChI is InChI=1S/C17H21NO5/c1-10-8-13(11(2)23-10)17(3,21)9-18-16(20)12-6-5-7-14(22-4)15(12)19/h5-8,19,21H,9H2,1-4H3,(H,18,20)/t17-/m0/s1. The van der Waals surface area contributed by atoms with Crippen molar-refractivity contribution in [3.63, 3.8) is 0 Å². The van der Waals surface area contributed by atoms with Gasteiger partial charge in [0, 0.05) is 5.56 Å². The lowest BCUT2D eigenvalue weighted by atomic mass is 9.96. The van der Waals surface area contributed by atoms with E-state index in [1.54, 1.807) is 39.0 Å². The Balaban J connectivity index is 2.14. The molecule has 0 aliphatic heterocycles. The van der Waals surface area contributed by atoms with Gasteiger partial charge in [0.05, 0.1) is 19.2 Å². The monoisotopic (exact) mass is 319 g/mol. The van der Waals surface area contributed by atoms with E-state index in [9.17, 15) is 15.0 Å². The fourth-order valence-corrected chi connectivity index (χ4v) is 2.48. The molecule has 0 saturated heterocycles. The summed E-state index contributed by atoms with van der Waals surface area (Å²) in [6.07, 6.45) is 0. The van der Waals surface area contributed by atoms with Gasteiger partial charge in [0.2, 0.25) is 0 Å². The Morgan fingerprint density at radius 1 is 1.39 bits per heavy atom. The number of rotatable bonds is 5. The van der Waals surface area contributed by atoms with Crippen LogP contribution in [0.5, 0.6) is 11.5 Å². The minimum Gasteiger partial charge on any atom is -0.504 e. The van der Waals surface area contributed by atoms with E-state index in [0.29, 0.717) is 17.1 Å². The number of hydrogen-bond donors (Lipinski definition) is 3. The maximum absolute atomic E-state index is 12.2. The molecule has 0 bridgehead atoms. The molecule has 0 saturated carbocycles. The zero-order valence-corrected chi connectivity index (χ0v) is 13.6. The minimum absolute atomic E-state index is 0.0255. The predicted molar refractivity (Wildman–Crippen MR) is 84.7 cm³/mol. The number of phenols is 1. The highest BCUT2D eigenvalue weighted by Gasteiger charge is 2.28. The average molecular weight is 319 g/mol. The third-order valence-electron chi connectivity index (χ3n) is 3.68. The third kappa shape index (κ3) is 3.48. The molecule has 1 aromatic heterocycles. The van der Waals surface area contributed by atoms with E-state index in [0.717, 1.165) is 0 Å². The number of para-hydroxylation sites is 1. The van der Waals surface area contributed by atoms with Gasteiger partial charge in [-0.3, -0.25) is 4.79 Å². The first-order valence-corrected chi connectivity index (χ1v) is 7.20. The second-order valence-electron chi connectivity index (χ2n) is 5.64. The highest BCUT2D eigenvalue weighted by molar-refractivity contribution is 5.97. The topological polar surface area (TPSA) is 91.9 Å². The second-order valence-corrected chi connectivity index (χ2v) is 5.64. The fourth-order valence-electron chi connectivity index (χ4n) is 2.48. The van der Waals surface area contributed by atoms with Crippen LogP contribution >= 0.6 is 0 Å². The molecule has 23 heavy (non-hydrogen) atoms. The summed E-state index contributed by atoms with van der Waals surface area (Å²) in [5.74, 6) is 0.772. The van der Waals surface area contributed by atoms with Gasteiger partial charge in [0.25, 0.3) is 5.91 Å². The van der Waals surface area contributed by atoms with Gasteiger partial charge in [-0.05, 0) is 39.0 Å². The summed E-state index contributed by atoms with van der Waals surface area (Å²) >= 11 is 0. The first-order chi connectivity index (χ1) is 10.8. The number of methoxy groups -OCH3 is 1. The molecule has 0 aliphatic rings. The Hall–Kier alpha value is -2.47. The van der Waals surface area contributed by atoms with E-state index in [2.05, 4.69) is 5.32 Å². The van der Waals surface area contributed by atoms with Crippen molar-refractivity contribution < 1.29 is 24.2 Å². The second kappa shape index (κ2) is 6.34. The lowest BCUT2D eigenvalue weighted by Crippen LogP contribution is -2.38. The van der Waals surface area contributed by atoms with Gasteiger partial charge in [0.15, 0.2) is 11.5 Å². The summed E-state index contributed by atoms with van der Waals surface area (Å²) in [4.78, 5) is 12.2. The minimum atomic E-state index is -1.29. The molecule has 6 heteroatoms. The molecule has 0 radical (unpaired) electrons. The summed E-state index contributed by atoms with van der Waals surface area (Å²) in [5.41, 5.74) is -0.586. The lowest BCUT2D eigenvalue weighted by Gasteiger charge is -2.23. The number of nitrogens with one attached hydrogen (secondary N) is 1. The van der Waals surface area contributed by atoms with Gasteiger partial charge in [-0.15, -0.1) is 0 Å². The van der Waals surface area contributed by atoms with E-state index in [1.807, 2.05) is 0 Å². The molecular weight excluding hydrogens is 298 g/mol. The molecule has 3 N–H and O–H groups in total. The van der Waals surface area contributed by atoms with Crippen molar-refractivity contribution in [3.05, 3.63) is 46.9 Å². The Morgan fingerprint density at radius 3 is 2.65 bits per heavy atom. The van der Waals surface area contributed by atoms with Crippen LogP contribution in [-0.2, 0) is 5.60 Å². The van der Waals surface area contributed by atoms with Crippen LogP contribution in [0.2, 0.25) is 0 Å². The molecule has 0 aliphatic carbocycles. The van der Waals surface area contributed by atoms with Crippen LogP contribution in [0, 0.1) is 13.8 Å². The van der Waals surface area contributed by atoms with Crippen molar-refractivity contribution in [1.82, 2.24) is 5.32 Å². The number of aliphatic hydroxyl groups is 1. The Morgan fingerprint density at radius 2 is 2.09 bits per heavy atom. The largest absolute Gasteiger partial charge is 0.504 e. The summed E-state index contributed by atoms with van der Waals surface area (Å²) in [6.45, 7) is 5.12. The normalized spacial score (nSPS) is 13.4. The van der Waals surface area contributed by atoms with Crippen molar-refractivity contribution in [1.29, 1.82) is 0 Å². The predicted octanol–water partition coefficient (Wildman–Crippen LogP) is 2.25. The molecule has 2 aromatic rings. The van der Waals surface area contributed by atoms with Gasteiger partial charge in [0.1, 0.15) is 17.1 Å². The van der Waals surface area contributed by atoms with E-state index < -0.39 is 11.5 Å². The first-order valence-electron chi connectivity index (χ1n) is 7.20. The number of benzene rings is 1. The maximum atomic E-state index is 12.2. The van der Waals surface area contributed by atoms with E-state index in [4.69, 9.17) is 9.15 Å². The molecule has 0 spiro atoms. The van der Waals surface area contributed by atoms with Gasteiger partial charge in [-0.2, -0.15) is 0 Å².